The molecule has 1 fully saturated rings. The summed E-state index contributed by atoms with van der Waals surface area (Å²) in [4.78, 5) is 22.7. The quantitative estimate of drug-likeness (QED) is 0.744. The smallest absolute Gasteiger partial charge is 0.324 e. The average Bonchev–Trinajstić information content (AvgIpc) is 3.01. The normalized spacial score (nSPS) is 25.9. The van der Waals surface area contributed by atoms with E-state index in [2.05, 4.69) is 0 Å². The van der Waals surface area contributed by atoms with Gasteiger partial charge in [-0.3, -0.25) is 9.59 Å². The van der Waals surface area contributed by atoms with Crippen molar-refractivity contribution in [1.82, 2.24) is 0 Å². The Morgan fingerprint density at radius 3 is 2.14 bits per heavy atom. The number of hydrogen-bond acceptors (Lipinski definition) is 3. The van der Waals surface area contributed by atoms with Crippen molar-refractivity contribution >= 4 is 11.9 Å². The van der Waals surface area contributed by atoms with E-state index in [1.54, 1.807) is 0 Å². The van der Waals surface area contributed by atoms with Crippen molar-refractivity contribution in [3.8, 4) is 0 Å². The summed E-state index contributed by atoms with van der Waals surface area (Å²) in [6.07, 6.45) is 0.288. The van der Waals surface area contributed by atoms with Gasteiger partial charge in [-0.05, 0) is 23.8 Å². The Morgan fingerprint density at radius 2 is 1.76 bits per heavy atom. The van der Waals surface area contributed by atoms with E-state index in [0.29, 0.717) is 6.42 Å². The zero-order valence-electron chi connectivity index (χ0n) is 12.3. The highest BCUT2D eigenvalue weighted by Gasteiger charge is 2.73. The largest absolute Gasteiger partial charge is 0.481 e. The van der Waals surface area contributed by atoms with Crippen LogP contribution >= 0.6 is 0 Å². The molecule has 21 heavy (non-hydrogen) atoms. The molecular weight excluding hydrogens is 270 g/mol. The molecule has 0 radical (unpaired) electrons. The topological polar surface area (TPSA) is 101 Å². The maximum Gasteiger partial charge on any atom is 0.324 e. The first-order valence-electron chi connectivity index (χ1n) is 6.97. The Balaban J connectivity index is 2.50. The lowest BCUT2D eigenvalue weighted by molar-refractivity contribution is -0.146. The standard InChI is InChI=1S/C16H21NO4/c1-14(2)10-15(14,11-6-4-3-5-7-11)16(17,13(20)21)9-8-12(18)19/h3-7H,8-10,17H2,1-2H3,(H,18,19)(H,20,21)/t15-,16-/m0/s1. The lowest BCUT2D eigenvalue weighted by Gasteiger charge is -2.37. The fourth-order valence-electron chi connectivity index (χ4n) is 3.66. The first-order valence-corrected chi connectivity index (χ1v) is 6.97. The van der Waals surface area contributed by atoms with E-state index in [1.165, 1.54) is 0 Å². The van der Waals surface area contributed by atoms with Crippen molar-refractivity contribution < 1.29 is 19.8 Å². The highest BCUT2D eigenvalue weighted by Crippen LogP contribution is 2.69. The Morgan fingerprint density at radius 1 is 1.24 bits per heavy atom. The SMILES string of the molecule is CC1(C)C[C@@]1(c1ccccc1)[C@](N)(CCC(=O)O)C(=O)O. The van der Waals surface area contributed by atoms with Gasteiger partial charge in [0.2, 0.25) is 0 Å². The molecule has 2 rings (SSSR count). The lowest BCUT2D eigenvalue weighted by atomic mass is 9.69. The van der Waals surface area contributed by atoms with Gasteiger partial charge in [0.25, 0.3) is 0 Å². The summed E-state index contributed by atoms with van der Waals surface area (Å²) in [7, 11) is 0. The van der Waals surface area contributed by atoms with E-state index in [1.807, 2.05) is 44.2 Å². The van der Waals surface area contributed by atoms with Crippen molar-refractivity contribution in [3.63, 3.8) is 0 Å². The van der Waals surface area contributed by atoms with E-state index < -0.39 is 22.9 Å². The van der Waals surface area contributed by atoms with Crippen molar-refractivity contribution in [3.05, 3.63) is 35.9 Å². The van der Waals surface area contributed by atoms with Crippen LogP contribution < -0.4 is 5.73 Å². The minimum Gasteiger partial charge on any atom is -0.481 e. The van der Waals surface area contributed by atoms with Gasteiger partial charge >= 0.3 is 11.9 Å². The first kappa shape index (κ1) is 15.5. The van der Waals surface area contributed by atoms with E-state index in [4.69, 9.17) is 10.8 Å². The summed E-state index contributed by atoms with van der Waals surface area (Å²) in [6, 6.07) is 9.32. The molecular formula is C16H21NO4. The average molecular weight is 291 g/mol. The number of carboxylic acids is 2. The van der Waals surface area contributed by atoms with Crippen LogP contribution in [-0.2, 0) is 15.0 Å². The summed E-state index contributed by atoms with van der Waals surface area (Å²) in [5.41, 5.74) is 4.54. The summed E-state index contributed by atoms with van der Waals surface area (Å²) < 4.78 is 0. The van der Waals surface area contributed by atoms with Gasteiger partial charge in [0.15, 0.2) is 0 Å². The van der Waals surface area contributed by atoms with Gasteiger partial charge in [-0.25, -0.2) is 0 Å². The zero-order valence-corrected chi connectivity index (χ0v) is 12.3. The van der Waals surface area contributed by atoms with Gasteiger partial charge in [0, 0.05) is 11.8 Å². The minimum absolute atomic E-state index is 0.0873. The third-order valence-electron chi connectivity index (χ3n) is 4.88. The van der Waals surface area contributed by atoms with Gasteiger partial charge in [-0.15, -0.1) is 0 Å². The van der Waals surface area contributed by atoms with Gasteiger partial charge in [-0.2, -0.15) is 0 Å². The molecule has 0 saturated heterocycles. The molecule has 0 bridgehead atoms. The van der Waals surface area contributed by atoms with Crippen LogP contribution in [0.4, 0.5) is 0 Å². The predicted molar refractivity (Wildman–Crippen MR) is 77.9 cm³/mol. The van der Waals surface area contributed by atoms with Gasteiger partial charge in [0.1, 0.15) is 5.54 Å². The summed E-state index contributed by atoms with van der Waals surface area (Å²) in [5.74, 6) is -2.18. The van der Waals surface area contributed by atoms with Crippen LogP contribution in [0.2, 0.25) is 0 Å². The lowest BCUT2D eigenvalue weighted by Crippen LogP contribution is -2.59. The third-order valence-corrected chi connectivity index (χ3v) is 4.88. The molecule has 1 aromatic rings. The van der Waals surface area contributed by atoms with Crippen LogP contribution in [0.15, 0.2) is 30.3 Å². The second kappa shape index (κ2) is 4.84. The number of rotatable bonds is 6. The maximum absolute atomic E-state index is 11.9. The molecule has 0 unspecified atom stereocenters. The molecule has 0 aliphatic heterocycles. The van der Waals surface area contributed by atoms with Crippen molar-refractivity contribution in [2.24, 2.45) is 11.1 Å². The number of carboxylic acid groups (broad SMARTS) is 2. The number of carbonyl (C=O) groups is 2. The monoisotopic (exact) mass is 291 g/mol. The van der Waals surface area contributed by atoms with E-state index in [-0.39, 0.29) is 18.3 Å². The first-order chi connectivity index (χ1) is 9.67. The number of benzene rings is 1. The molecule has 0 heterocycles. The van der Waals surface area contributed by atoms with Crippen LogP contribution in [0.5, 0.6) is 0 Å². The van der Waals surface area contributed by atoms with Gasteiger partial charge in [0.05, 0.1) is 0 Å². The van der Waals surface area contributed by atoms with E-state index in [9.17, 15) is 14.7 Å². The maximum atomic E-state index is 11.9. The number of nitrogens with two attached hydrogens (primary N) is 1. The summed E-state index contributed by atoms with van der Waals surface area (Å²) in [6.45, 7) is 3.95. The molecule has 5 nitrogen and oxygen atoms in total. The second-order valence-corrected chi connectivity index (χ2v) is 6.50. The van der Waals surface area contributed by atoms with Crippen molar-refractivity contribution in [1.29, 1.82) is 0 Å². The van der Waals surface area contributed by atoms with E-state index in [0.717, 1.165) is 5.56 Å². The molecule has 1 saturated carbocycles. The Bertz CT molecular complexity index is 569. The highest BCUT2D eigenvalue weighted by molar-refractivity contribution is 5.84. The second-order valence-electron chi connectivity index (χ2n) is 6.50. The van der Waals surface area contributed by atoms with Crippen LogP contribution in [-0.4, -0.2) is 27.7 Å². The summed E-state index contributed by atoms with van der Waals surface area (Å²) in [5, 5.41) is 18.6. The number of aliphatic carboxylic acids is 2. The minimum atomic E-state index is -1.59. The number of hydrogen-bond donors (Lipinski definition) is 3. The molecule has 0 spiro atoms. The van der Waals surface area contributed by atoms with Crippen LogP contribution in [0.25, 0.3) is 0 Å². The Labute approximate surface area is 123 Å². The van der Waals surface area contributed by atoms with Crippen molar-refractivity contribution in [2.75, 3.05) is 0 Å². The predicted octanol–water partition coefficient (Wildman–Crippen LogP) is 2.00. The van der Waals surface area contributed by atoms with Gasteiger partial charge in [-0.1, -0.05) is 44.2 Å². The van der Waals surface area contributed by atoms with Gasteiger partial charge < -0.3 is 15.9 Å². The Kier molecular flexibility index (Phi) is 3.58. The molecule has 114 valence electrons. The zero-order chi connectivity index (χ0) is 15.9. The molecule has 5 heteroatoms. The fraction of sp³-hybridized carbons (Fsp3) is 0.500. The molecule has 2 atom stereocenters. The molecule has 4 N–H and O–H groups in total. The molecule has 1 aromatic carbocycles. The van der Waals surface area contributed by atoms with Crippen LogP contribution in [0.1, 0.15) is 38.7 Å². The molecule has 0 amide bonds. The van der Waals surface area contributed by atoms with Crippen LogP contribution in [0.3, 0.4) is 0 Å². The third kappa shape index (κ3) is 2.21. The molecule has 1 aliphatic rings. The fourth-order valence-corrected chi connectivity index (χ4v) is 3.66. The van der Waals surface area contributed by atoms with E-state index >= 15 is 0 Å². The highest BCUT2D eigenvalue weighted by atomic mass is 16.4. The Hall–Kier alpha value is -1.88. The van der Waals surface area contributed by atoms with Crippen LogP contribution in [0, 0.1) is 5.41 Å². The summed E-state index contributed by atoms with van der Waals surface area (Å²) >= 11 is 0. The molecule has 1 aliphatic carbocycles. The van der Waals surface area contributed by atoms with Crippen molar-refractivity contribution in [2.45, 2.75) is 44.1 Å². The molecule has 0 aromatic heterocycles.